The van der Waals surface area contributed by atoms with E-state index in [2.05, 4.69) is 5.10 Å². The number of methoxy groups -OCH3 is 1. The van der Waals surface area contributed by atoms with E-state index in [0.717, 1.165) is 0 Å². The maximum Gasteiger partial charge on any atom is 0.276 e. The molecule has 2 rings (SSSR count). The van der Waals surface area contributed by atoms with Gasteiger partial charge in [-0.3, -0.25) is 4.79 Å². The summed E-state index contributed by atoms with van der Waals surface area (Å²) in [5.41, 5.74) is 0.322. The second kappa shape index (κ2) is 4.46. The number of nitrogens with zero attached hydrogens (tertiary/aromatic N) is 3. The van der Waals surface area contributed by atoms with Gasteiger partial charge in [-0.05, 0) is 6.07 Å². The van der Waals surface area contributed by atoms with E-state index in [-0.39, 0.29) is 18.7 Å². The van der Waals surface area contributed by atoms with Gasteiger partial charge in [0.15, 0.2) is 0 Å². The molecule has 0 fully saturated rings. The molecule has 0 saturated heterocycles. The molecule has 16 heavy (non-hydrogen) atoms. The topological polar surface area (TPSA) is 68.8 Å². The number of ether oxygens (including phenoxy) is 1. The Bertz CT molecular complexity index is 531. The molecule has 0 aliphatic carbocycles. The zero-order valence-electron chi connectivity index (χ0n) is 8.91. The highest BCUT2D eigenvalue weighted by Crippen LogP contribution is 1.96. The number of aliphatic hydroxyl groups excluding tert-OH is 1. The van der Waals surface area contributed by atoms with Crippen molar-refractivity contribution in [2.75, 3.05) is 13.7 Å². The van der Waals surface area contributed by atoms with Gasteiger partial charge >= 0.3 is 0 Å². The monoisotopic (exact) mass is 223 g/mol. The molecular formula is C10H13N3O3. The van der Waals surface area contributed by atoms with Crippen molar-refractivity contribution in [3.8, 4) is 0 Å². The SMILES string of the molecule is COCC(O)Cn1ccn2nccc2c1=O. The Labute approximate surface area is 91.7 Å². The van der Waals surface area contributed by atoms with E-state index < -0.39 is 6.10 Å². The van der Waals surface area contributed by atoms with Crippen LogP contribution < -0.4 is 5.56 Å². The first kappa shape index (κ1) is 10.8. The van der Waals surface area contributed by atoms with Crippen LogP contribution in [0.5, 0.6) is 0 Å². The van der Waals surface area contributed by atoms with Crippen LogP contribution in [-0.2, 0) is 11.3 Å². The summed E-state index contributed by atoms with van der Waals surface area (Å²) in [7, 11) is 1.51. The number of hydrogen-bond donors (Lipinski definition) is 1. The van der Waals surface area contributed by atoms with E-state index in [4.69, 9.17) is 4.74 Å². The smallest absolute Gasteiger partial charge is 0.276 e. The largest absolute Gasteiger partial charge is 0.389 e. The molecule has 0 spiro atoms. The van der Waals surface area contributed by atoms with Crippen LogP contribution in [0, 0.1) is 0 Å². The van der Waals surface area contributed by atoms with E-state index in [1.54, 1.807) is 24.7 Å². The van der Waals surface area contributed by atoms with Crippen LogP contribution in [0.25, 0.3) is 5.52 Å². The second-order valence-electron chi connectivity index (χ2n) is 3.53. The third kappa shape index (κ3) is 1.98. The Morgan fingerprint density at radius 1 is 1.56 bits per heavy atom. The minimum absolute atomic E-state index is 0.171. The molecule has 2 aromatic heterocycles. The fourth-order valence-electron chi connectivity index (χ4n) is 1.58. The predicted octanol–water partition coefficient (Wildman–Crippen LogP) is -0.497. The summed E-state index contributed by atoms with van der Waals surface area (Å²) in [5.74, 6) is 0. The maximum absolute atomic E-state index is 11.9. The first-order valence-corrected chi connectivity index (χ1v) is 4.92. The van der Waals surface area contributed by atoms with Gasteiger partial charge in [-0.15, -0.1) is 0 Å². The normalized spacial score (nSPS) is 13.1. The van der Waals surface area contributed by atoms with Gasteiger partial charge in [-0.25, -0.2) is 4.52 Å². The van der Waals surface area contributed by atoms with Crippen LogP contribution in [-0.4, -0.2) is 39.1 Å². The highest BCUT2D eigenvalue weighted by molar-refractivity contribution is 5.42. The summed E-state index contributed by atoms with van der Waals surface area (Å²) >= 11 is 0. The van der Waals surface area contributed by atoms with Crippen LogP contribution in [0.1, 0.15) is 0 Å². The number of hydrogen-bond acceptors (Lipinski definition) is 4. The van der Waals surface area contributed by atoms with Crippen molar-refractivity contribution in [2.24, 2.45) is 0 Å². The molecule has 0 aromatic carbocycles. The minimum atomic E-state index is -0.687. The van der Waals surface area contributed by atoms with Gasteiger partial charge in [0, 0.05) is 19.5 Å². The van der Waals surface area contributed by atoms with Gasteiger partial charge in [0.05, 0.1) is 25.5 Å². The average molecular weight is 223 g/mol. The summed E-state index contributed by atoms with van der Waals surface area (Å²) in [6.07, 6.45) is 4.15. The van der Waals surface area contributed by atoms with E-state index in [1.807, 2.05) is 0 Å². The summed E-state index contributed by atoms with van der Waals surface area (Å²) in [5, 5.41) is 13.5. The van der Waals surface area contributed by atoms with Gasteiger partial charge < -0.3 is 14.4 Å². The van der Waals surface area contributed by atoms with Crippen molar-refractivity contribution in [2.45, 2.75) is 12.6 Å². The first-order chi connectivity index (χ1) is 7.72. The molecule has 2 aromatic rings. The lowest BCUT2D eigenvalue weighted by Crippen LogP contribution is -2.29. The molecule has 0 bridgehead atoms. The average Bonchev–Trinajstić information content (AvgIpc) is 2.71. The lowest BCUT2D eigenvalue weighted by atomic mass is 10.3. The summed E-state index contributed by atoms with van der Waals surface area (Å²) in [6.45, 7) is 0.422. The van der Waals surface area contributed by atoms with Crippen molar-refractivity contribution in [3.05, 3.63) is 35.0 Å². The third-order valence-corrected chi connectivity index (χ3v) is 2.30. The van der Waals surface area contributed by atoms with Crippen LogP contribution in [0.2, 0.25) is 0 Å². The van der Waals surface area contributed by atoms with Crippen LogP contribution in [0.15, 0.2) is 29.5 Å². The van der Waals surface area contributed by atoms with Gasteiger partial charge in [-0.2, -0.15) is 5.10 Å². The lowest BCUT2D eigenvalue weighted by Gasteiger charge is -2.11. The Kier molecular flexibility index (Phi) is 3.02. The van der Waals surface area contributed by atoms with Crippen molar-refractivity contribution < 1.29 is 9.84 Å². The molecule has 6 heteroatoms. The zero-order valence-corrected chi connectivity index (χ0v) is 8.91. The van der Waals surface area contributed by atoms with Gasteiger partial charge in [-0.1, -0.05) is 0 Å². The van der Waals surface area contributed by atoms with Gasteiger partial charge in [0.2, 0.25) is 0 Å². The molecule has 0 amide bonds. The molecule has 2 heterocycles. The Morgan fingerprint density at radius 3 is 3.12 bits per heavy atom. The van der Waals surface area contributed by atoms with Gasteiger partial charge in [0.25, 0.3) is 5.56 Å². The van der Waals surface area contributed by atoms with Crippen molar-refractivity contribution in [1.82, 2.24) is 14.2 Å². The number of aromatic nitrogens is 3. The Balaban J connectivity index is 2.31. The summed E-state index contributed by atoms with van der Waals surface area (Å²) in [6, 6.07) is 1.64. The van der Waals surface area contributed by atoms with E-state index >= 15 is 0 Å². The third-order valence-electron chi connectivity index (χ3n) is 2.30. The highest BCUT2D eigenvalue weighted by Gasteiger charge is 2.08. The number of fused-ring (bicyclic) bond motifs is 1. The van der Waals surface area contributed by atoms with Gasteiger partial charge in [0.1, 0.15) is 5.52 Å². The molecule has 86 valence electrons. The van der Waals surface area contributed by atoms with E-state index in [9.17, 15) is 9.90 Å². The molecule has 1 N–H and O–H groups in total. The maximum atomic E-state index is 11.9. The molecule has 1 atom stereocenters. The summed E-state index contributed by atoms with van der Waals surface area (Å²) in [4.78, 5) is 11.9. The minimum Gasteiger partial charge on any atom is -0.389 e. The summed E-state index contributed by atoms with van der Waals surface area (Å²) < 4.78 is 7.75. The molecule has 0 radical (unpaired) electrons. The highest BCUT2D eigenvalue weighted by atomic mass is 16.5. The zero-order chi connectivity index (χ0) is 11.5. The van der Waals surface area contributed by atoms with Crippen LogP contribution in [0.4, 0.5) is 0 Å². The molecule has 0 aliphatic rings. The Hall–Kier alpha value is -1.66. The van der Waals surface area contributed by atoms with E-state index in [1.165, 1.54) is 16.2 Å². The quantitative estimate of drug-likeness (QED) is 0.759. The molecule has 0 aliphatic heterocycles. The standard InChI is InChI=1S/C10H13N3O3/c1-16-7-8(14)6-12-4-5-13-9(10(12)15)2-3-11-13/h2-5,8,14H,6-7H2,1H3. The predicted molar refractivity (Wildman–Crippen MR) is 57.3 cm³/mol. The fraction of sp³-hybridized carbons (Fsp3) is 0.400. The van der Waals surface area contributed by atoms with Crippen molar-refractivity contribution in [1.29, 1.82) is 0 Å². The number of rotatable bonds is 4. The Morgan fingerprint density at radius 2 is 2.38 bits per heavy atom. The molecule has 6 nitrogen and oxygen atoms in total. The molecule has 0 saturated carbocycles. The second-order valence-corrected chi connectivity index (χ2v) is 3.53. The van der Waals surface area contributed by atoms with Crippen LogP contribution in [0.3, 0.4) is 0 Å². The first-order valence-electron chi connectivity index (χ1n) is 4.92. The van der Waals surface area contributed by atoms with Crippen LogP contribution >= 0.6 is 0 Å². The fourth-order valence-corrected chi connectivity index (χ4v) is 1.58. The number of aliphatic hydroxyl groups is 1. The molecular weight excluding hydrogens is 210 g/mol. The van der Waals surface area contributed by atoms with E-state index in [0.29, 0.717) is 5.52 Å². The lowest BCUT2D eigenvalue weighted by molar-refractivity contribution is 0.0530. The van der Waals surface area contributed by atoms with Crippen molar-refractivity contribution in [3.63, 3.8) is 0 Å². The molecule has 1 unspecified atom stereocenters. The van der Waals surface area contributed by atoms with Crippen molar-refractivity contribution >= 4 is 5.52 Å².